The lowest BCUT2D eigenvalue weighted by molar-refractivity contribution is -0.121. The molecule has 2 aromatic rings. The van der Waals surface area contributed by atoms with Crippen molar-refractivity contribution in [2.24, 2.45) is 0 Å². The quantitative estimate of drug-likeness (QED) is 0.774. The number of rotatable bonds is 7. The van der Waals surface area contributed by atoms with Crippen LogP contribution >= 0.6 is 11.6 Å². The summed E-state index contributed by atoms with van der Waals surface area (Å²) in [7, 11) is -3.60. The van der Waals surface area contributed by atoms with E-state index in [-0.39, 0.29) is 29.8 Å². The average molecular weight is 381 g/mol. The Bertz CT molecular complexity index is 818. The molecule has 0 spiro atoms. The van der Waals surface area contributed by atoms with Crippen LogP contribution in [0.25, 0.3) is 0 Å². The lowest BCUT2D eigenvalue weighted by atomic mass is 10.1. The summed E-state index contributed by atoms with van der Waals surface area (Å²) in [6, 6.07) is 13.6. The van der Waals surface area contributed by atoms with Gasteiger partial charge in [-0.15, -0.1) is 0 Å². The highest BCUT2D eigenvalue weighted by Gasteiger charge is 2.15. The lowest BCUT2D eigenvalue weighted by Crippen LogP contribution is -2.32. The molecule has 0 saturated carbocycles. The number of hydrogen-bond donors (Lipinski definition) is 2. The summed E-state index contributed by atoms with van der Waals surface area (Å²) in [4.78, 5) is 12.2. The van der Waals surface area contributed by atoms with Gasteiger partial charge in [-0.05, 0) is 43.7 Å². The molecule has 2 aromatic carbocycles. The Morgan fingerprint density at radius 1 is 1.08 bits per heavy atom. The predicted octanol–water partition coefficient (Wildman–Crippen LogP) is 3.19. The van der Waals surface area contributed by atoms with Crippen molar-refractivity contribution in [3.05, 3.63) is 64.7 Å². The fraction of sp³-hybridized carbons (Fsp3) is 0.278. The molecule has 134 valence electrons. The predicted molar refractivity (Wildman–Crippen MR) is 99.0 cm³/mol. The number of benzene rings is 2. The van der Waals surface area contributed by atoms with Gasteiger partial charge >= 0.3 is 0 Å². The Morgan fingerprint density at radius 3 is 2.28 bits per heavy atom. The highest BCUT2D eigenvalue weighted by molar-refractivity contribution is 7.89. The zero-order chi connectivity index (χ0) is 18.4. The Labute approximate surface area is 153 Å². The van der Waals surface area contributed by atoms with Crippen molar-refractivity contribution in [3.8, 4) is 0 Å². The van der Waals surface area contributed by atoms with Crippen molar-refractivity contribution < 1.29 is 13.2 Å². The summed E-state index contributed by atoms with van der Waals surface area (Å²) in [6.07, 6.45) is 0.0586. The average Bonchev–Trinajstić information content (AvgIpc) is 2.55. The van der Waals surface area contributed by atoms with E-state index in [9.17, 15) is 13.2 Å². The number of aryl methyl sites for hydroxylation is 1. The van der Waals surface area contributed by atoms with E-state index in [1.54, 1.807) is 36.4 Å². The molecule has 0 heterocycles. The SMILES string of the molecule is Cc1ccc(S(=O)(=O)NCCC(=O)N[C@@H](C)c2ccc(Cl)cc2)cc1. The fourth-order valence-electron chi connectivity index (χ4n) is 2.25. The first kappa shape index (κ1) is 19.4. The normalized spacial score (nSPS) is 12.6. The summed E-state index contributed by atoms with van der Waals surface area (Å²) in [5.74, 6) is -0.228. The van der Waals surface area contributed by atoms with Crippen LogP contribution < -0.4 is 10.0 Å². The molecule has 1 amide bonds. The van der Waals surface area contributed by atoms with E-state index < -0.39 is 10.0 Å². The first-order valence-electron chi connectivity index (χ1n) is 7.89. The van der Waals surface area contributed by atoms with Crippen LogP contribution in [0, 0.1) is 6.92 Å². The molecule has 0 fully saturated rings. The van der Waals surface area contributed by atoms with E-state index in [0.29, 0.717) is 5.02 Å². The molecule has 0 radical (unpaired) electrons. The molecule has 7 heteroatoms. The zero-order valence-electron chi connectivity index (χ0n) is 14.1. The van der Waals surface area contributed by atoms with Gasteiger partial charge in [-0.2, -0.15) is 0 Å². The van der Waals surface area contributed by atoms with Crippen LogP contribution in [0.2, 0.25) is 5.02 Å². The van der Waals surface area contributed by atoms with Gasteiger partial charge in [0.2, 0.25) is 15.9 Å². The molecule has 0 saturated heterocycles. The molecule has 0 unspecified atom stereocenters. The van der Waals surface area contributed by atoms with Gasteiger partial charge in [-0.25, -0.2) is 13.1 Å². The number of halogens is 1. The van der Waals surface area contributed by atoms with Crippen molar-refractivity contribution in [1.82, 2.24) is 10.0 Å². The van der Waals surface area contributed by atoms with Crippen LogP contribution in [0.3, 0.4) is 0 Å². The van der Waals surface area contributed by atoms with Gasteiger partial charge in [0.25, 0.3) is 0 Å². The van der Waals surface area contributed by atoms with Crippen molar-refractivity contribution in [1.29, 1.82) is 0 Å². The third-order valence-electron chi connectivity index (χ3n) is 3.72. The van der Waals surface area contributed by atoms with Crippen molar-refractivity contribution in [2.45, 2.75) is 31.2 Å². The molecule has 0 aromatic heterocycles. The number of hydrogen-bond acceptors (Lipinski definition) is 3. The molecule has 2 N–H and O–H groups in total. The van der Waals surface area contributed by atoms with Crippen LogP contribution in [-0.4, -0.2) is 20.9 Å². The molecular weight excluding hydrogens is 360 g/mol. The van der Waals surface area contributed by atoms with E-state index in [4.69, 9.17) is 11.6 Å². The zero-order valence-corrected chi connectivity index (χ0v) is 15.7. The second kappa shape index (κ2) is 8.47. The Hall–Kier alpha value is -1.89. The number of carbonyl (C=O) groups is 1. The highest BCUT2D eigenvalue weighted by Crippen LogP contribution is 2.16. The minimum atomic E-state index is -3.60. The molecule has 5 nitrogen and oxygen atoms in total. The topological polar surface area (TPSA) is 75.3 Å². The van der Waals surface area contributed by atoms with Gasteiger partial charge in [-0.1, -0.05) is 41.4 Å². The van der Waals surface area contributed by atoms with Crippen molar-refractivity contribution in [3.63, 3.8) is 0 Å². The maximum absolute atomic E-state index is 12.1. The van der Waals surface area contributed by atoms with E-state index in [1.807, 2.05) is 26.0 Å². The van der Waals surface area contributed by atoms with E-state index in [0.717, 1.165) is 11.1 Å². The summed E-state index contributed by atoms with van der Waals surface area (Å²) in [5.41, 5.74) is 1.91. The molecule has 0 aliphatic rings. The van der Waals surface area contributed by atoms with Crippen molar-refractivity contribution >= 4 is 27.5 Å². The third-order valence-corrected chi connectivity index (χ3v) is 5.45. The van der Waals surface area contributed by atoms with Gasteiger partial charge in [0, 0.05) is 18.0 Å². The van der Waals surface area contributed by atoms with Crippen molar-refractivity contribution in [2.75, 3.05) is 6.54 Å². The van der Waals surface area contributed by atoms with E-state index in [2.05, 4.69) is 10.0 Å². The van der Waals surface area contributed by atoms with Gasteiger partial charge in [0.1, 0.15) is 0 Å². The molecule has 1 atom stereocenters. The minimum absolute atomic E-state index is 0.0371. The van der Waals surface area contributed by atoms with Gasteiger partial charge in [-0.3, -0.25) is 4.79 Å². The third kappa shape index (κ3) is 5.85. The maximum Gasteiger partial charge on any atom is 0.240 e. The molecule has 2 rings (SSSR count). The Kier molecular flexibility index (Phi) is 6.58. The first-order chi connectivity index (χ1) is 11.8. The summed E-state index contributed by atoms with van der Waals surface area (Å²) < 4.78 is 26.7. The second-order valence-electron chi connectivity index (χ2n) is 5.80. The molecule has 0 aliphatic carbocycles. The van der Waals surface area contributed by atoms with Crippen LogP contribution in [0.5, 0.6) is 0 Å². The standard InChI is InChI=1S/C18H21ClN2O3S/c1-13-3-9-17(10-4-13)25(23,24)20-12-11-18(22)21-14(2)15-5-7-16(19)8-6-15/h3-10,14,20H,11-12H2,1-2H3,(H,21,22)/t14-/m0/s1. The van der Waals surface area contributed by atoms with Crippen LogP contribution in [0.1, 0.15) is 30.5 Å². The number of sulfonamides is 1. The molecule has 0 aliphatic heterocycles. The second-order valence-corrected chi connectivity index (χ2v) is 8.00. The molecule has 0 bridgehead atoms. The monoisotopic (exact) mass is 380 g/mol. The smallest absolute Gasteiger partial charge is 0.240 e. The summed E-state index contributed by atoms with van der Waals surface area (Å²) in [6.45, 7) is 3.78. The van der Waals surface area contributed by atoms with Crippen LogP contribution in [0.4, 0.5) is 0 Å². The van der Waals surface area contributed by atoms with Gasteiger partial charge < -0.3 is 5.32 Å². The fourth-order valence-corrected chi connectivity index (χ4v) is 3.41. The molecule has 25 heavy (non-hydrogen) atoms. The van der Waals surface area contributed by atoms with Gasteiger partial charge in [0.15, 0.2) is 0 Å². The first-order valence-corrected chi connectivity index (χ1v) is 9.75. The minimum Gasteiger partial charge on any atom is -0.350 e. The van der Waals surface area contributed by atoms with Crippen LogP contribution in [-0.2, 0) is 14.8 Å². The molecular formula is C18H21ClN2O3S. The van der Waals surface area contributed by atoms with E-state index in [1.165, 1.54) is 0 Å². The Balaban J connectivity index is 1.83. The van der Waals surface area contributed by atoms with Gasteiger partial charge in [0.05, 0.1) is 10.9 Å². The highest BCUT2D eigenvalue weighted by atomic mass is 35.5. The summed E-state index contributed by atoms with van der Waals surface area (Å²) in [5, 5.41) is 3.46. The Morgan fingerprint density at radius 2 is 1.68 bits per heavy atom. The number of nitrogens with one attached hydrogen (secondary N) is 2. The van der Waals surface area contributed by atoms with Crippen LogP contribution in [0.15, 0.2) is 53.4 Å². The van der Waals surface area contributed by atoms with E-state index >= 15 is 0 Å². The lowest BCUT2D eigenvalue weighted by Gasteiger charge is -2.14. The summed E-state index contributed by atoms with van der Waals surface area (Å²) >= 11 is 5.84. The number of amides is 1. The largest absolute Gasteiger partial charge is 0.350 e. The maximum atomic E-state index is 12.1. The number of carbonyl (C=O) groups excluding carboxylic acids is 1.